The molecule has 2 aromatic carbocycles. The van der Waals surface area contributed by atoms with Crippen LogP contribution in [0.5, 0.6) is 0 Å². The van der Waals surface area contributed by atoms with E-state index in [4.69, 9.17) is 11.6 Å². The SMILES string of the molecule is CNc1cccc(Nc2cccc(Cl)c2C)c1. The summed E-state index contributed by atoms with van der Waals surface area (Å²) in [6.07, 6.45) is 0. The van der Waals surface area contributed by atoms with E-state index in [2.05, 4.69) is 16.7 Å². The van der Waals surface area contributed by atoms with Crippen molar-refractivity contribution in [3.63, 3.8) is 0 Å². The average Bonchev–Trinajstić information content (AvgIpc) is 2.35. The lowest BCUT2D eigenvalue weighted by atomic mass is 10.2. The second kappa shape index (κ2) is 5.11. The minimum Gasteiger partial charge on any atom is -0.388 e. The van der Waals surface area contributed by atoms with Crippen molar-refractivity contribution in [2.45, 2.75) is 6.92 Å². The molecule has 2 nitrogen and oxygen atoms in total. The van der Waals surface area contributed by atoms with Crippen LogP contribution in [0, 0.1) is 6.92 Å². The van der Waals surface area contributed by atoms with E-state index in [0.29, 0.717) is 0 Å². The molecule has 2 rings (SSSR count). The maximum atomic E-state index is 6.09. The summed E-state index contributed by atoms with van der Waals surface area (Å²) in [5, 5.41) is 7.25. The van der Waals surface area contributed by atoms with E-state index >= 15 is 0 Å². The Morgan fingerprint density at radius 3 is 2.47 bits per heavy atom. The minimum atomic E-state index is 0.778. The summed E-state index contributed by atoms with van der Waals surface area (Å²) in [5.74, 6) is 0. The van der Waals surface area contributed by atoms with Gasteiger partial charge in [0.25, 0.3) is 0 Å². The zero-order chi connectivity index (χ0) is 12.3. The molecule has 0 unspecified atom stereocenters. The van der Waals surface area contributed by atoms with Gasteiger partial charge >= 0.3 is 0 Å². The molecule has 0 amide bonds. The summed E-state index contributed by atoms with van der Waals surface area (Å²) >= 11 is 6.09. The molecule has 0 aliphatic heterocycles. The van der Waals surface area contributed by atoms with Crippen molar-refractivity contribution in [1.82, 2.24) is 0 Å². The molecule has 0 saturated carbocycles. The van der Waals surface area contributed by atoms with Gasteiger partial charge in [0, 0.05) is 29.1 Å². The maximum Gasteiger partial charge on any atom is 0.0455 e. The van der Waals surface area contributed by atoms with Gasteiger partial charge in [0.1, 0.15) is 0 Å². The fourth-order valence-electron chi connectivity index (χ4n) is 1.65. The zero-order valence-corrected chi connectivity index (χ0v) is 10.7. The van der Waals surface area contributed by atoms with Crippen LogP contribution >= 0.6 is 11.6 Å². The zero-order valence-electron chi connectivity index (χ0n) is 9.92. The maximum absolute atomic E-state index is 6.09. The highest BCUT2D eigenvalue weighted by atomic mass is 35.5. The lowest BCUT2D eigenvalue weighted by Crippen LogP contribution is -1.95. The molecule has 0 saturated heterocycles. The van der Waals surface area contributed by atoms with Gasteiger partial charge in [-0.3, -0.25) is 0 Å². The van der Waals surface area contributed by atoms with Crippen molar-refractivity contribution in [2.24, 2.45) is 0 Å². The molecular formula is C14H15ClN2. The predicted octanol–water partition coefficient (Wildman–Crippen LogP) is 4.43. The molecule has 0 fully saturated rings. The van der Waals surface area contributed by atoms with Crippen LogP contribution in [0.15, 0.2) is 42.5 Å². The summed E-state index contributed by atoms with van der Waals surface area (Å²) in [6.45, 7) is 2.01. The Morgan fingerprint density at radius 2 is 1.71 bits per heavy atom. The van der Waals surface area contributed by atoms with Gasteiger partial charge in [0.2, 0.25) is 0 Å². The summed E-state index contributed by atoms with van der Waals surface area (Å²) in [6, 6.07) is 14.0. The van der Waals surface area contributed by atoms with Crippen molar-refractivity contribution in [1.29, 1.82) is 0 Å². The van der Waals surface area contributed by atoms with Gasteiger partial charge < -0.3 is 10.6 Å². The van der Waals surface area contributed by atoms with Crippen molar-refractivity contribution in [2.75, 3.05) is 17.7 Å². The molecule has 0 aliphatic carbocycles. The van der Waals surface area contributed by atoms with Crippen LogP contribution in [0.4, 0.5) is 17.1 Å². The van der Waals surface area contributed by atoms with Crippen molar-refractivity contribution in [3.8, 4) is 0 Å². The first kappa shape index (κ1) is 11.8. The van der Waals surface area contributed by atoms with E-state index in [9.17, 15) is 0 Å². The van der Waals surface area contributed by atoms with Crippen molar-refractivity contribution < 1.29 is 0 Å². The number of hydrogen-bond acceptors (Lipinski definition) is 2. The normalized spacial score (nSPS) is 10.1. The standard InChI is InChI=1S/C14H15ClN2/c1-10-13(15)7-4-8-14(10)17-12-6-3-5-11(9-12)16-2/h3-9,16-17H,1-2H3. The highest BCUT2D eigenvalue weighted by Gasteiger charge is 2.02. The third-order valence-corrected chi connectivity index (χ3v) is 3.11. The van der Waals surface area contributed by atoms with Crippen LogP contribution in [0.3, 0.4) is 0 Å². The third-order valence-electron chi connectivity index (χ3n) is 2.70. The van der Waals surface area contributed by atoms with Gasteiger partial charge in [-0.2, -0.15) is 0 Å². The van der Waals surface area contributed by atoms with E-state index in [0.717, 1.165) is 27.6 Å². The fraction of sp³-hybridized carbons (Fsp3) is 0.143. The Bertz CT molecular complexity index is 523. The van der Waals surface area contributed by atoms with E-state index in [1.807, 2.05) is 50.4 Å². The number of rotatable bonds is 3. The predicted molar refractivity (Wildman–Crippen MR) is 75.5 cm³/mol. The highest BCUT2D eigenvalue weighted by Crippen LogP contribution is 2.26. The first-order valence-electron chi connectivity index (χ1n) is 5.50. The van der Waals surface area contributed by atoms with Crippen LogP contribution in [0.25, 0.3) is 0 Å². The average molecular weight is 247 g/mol. The smallest absolute Gasteiger partial charge is 0.0455 e. The Labute approximate surface area is 107 Å². The molecular weight excluding hydrogens is 232 g/mol. The summed E-state index contributed by atoms with van der Waals surface area (Å²) in [4.78, 5) is 0. The Hall–Kier alpha value is -1.67. The first-order valence-corrected chi connectivity index (χ1v) is 5.88. The molecule has 0 aliphatic rings. The largest absolute Gasteiger partial charge is 0.388 e. The van der Waals surface area contributed by atoms with Gasteiger partial charge in [-0.25, -0.2) is 0 Å². The molecule has 0 radical (unpaired) electrons. The van der Waals surface area contributed by atoms with Crippen LogP contribution in [-0.2, 0) is 0 Å². The van der Waals surface area contributed by atoms with Crippen molar-refractivity contribution >= 4 is 28.7 Å². The third kappa shape index (κ3) is 2.71. The van der Waals surface area contributed by atoms with E-state index in [1.54, 1.807) is 0 Å². The Kier molecular flexibility index (Phi) is 3.55. The molecule has 2 N–H and O–H groups in total. The highest BCUT2D eigenvalue weighted by molar-refractivity contribution is 6.31. The molecule has 2 aromatic rings. The second-order valence-corrected chi connectivity index (χ2v) is 4.28. The molecule has 0 atom stereocenters. The number of nitrogens with one attached hydrogen (secondary N) is 2. The Balaban J connectivity index is 2.28. The molecule has 3 heteroatoms. The second-order valence-electron chi connectivity index (χ2n) is 3.87. The van der Waals surface area contributed by atoms with Crippen LogP contribution in [0.1, 0.15) is 5.56 Å². The molecule has 0 heterocycles. The molecule has 0 bridgehead atoms. The first-order chi connectivity index (χ1) is 8.20. The van der Waals surface area contributed by atoms with E-state index in [1.165, 1.54) is 0 Å². The lowest BCUT2D eigenvalue weighted by Gasteiger charge is -2.11. The number of halogens is 1. The number of hydrogen-bond donors (Lipinski definition) is 2. The number of benzene rings is 2. The van der Waals surface area contributed by atoms with Crippen LogP contribution in [-0.4, -0.2) is 7.05 Å². The van der Waals surface area contributed by atoms with E-state index < -0.39 is 0 Å². The van der Waals surface area contributed by atoms with Crippen molar-refractivity contribution in [3.05, 3.63) is 53.1 Å². The van der Waals surface area contributed by atoms with Gasteiger partial charge in [-0.05, 0) is 42.8 Å². The number of anilines is 3. The monoisotopic (exact) mass is 246 g/mol. The Morgan fingerprint density at radius 1 is 1.00 bits per heavy atom. The lowest BCUT2D eigenvalue weighted by molar-refractivity contribution is 1.42. The summed E-state index contributed by atoms with van der Waals surface area (Å²) in [7, 11) is 1.91. The topological polar surface area (TPSA) is 24.1 Å². The van der Waals surface area contributed by atoms with Gasteiger partial charge in [0.05, 0.1) is 0 Å². The molecule has 0 aromatic heterocycles. The van der Waals surface area contributed by atoms with Gasteiger partial charge in [-0.1, -0.05) is 23.7 Å². The van der Waals surface area contributed by atoms with Crippen LogP contribution < -0.4 is 10.6 Å². The van der Waals surface area contributed by atoms with Gasteiger partial charge in [0.15, 0.2) is 0 Å². The molecule has 88 valence electrons. The summed E-state index contributed by atoms with van der Waals surface area (Å²) < 4.78 is 0. The quantitative estimate of drug-likeness (QED) is 0.837. The molecule has 17 heavy (non-hydrogen) atoms. The van der Waals surface area contributed by atoms with E-state index in [-0.39, 0.29) is 0 Å². The minimum absolute atomic E-state index is 0.778. The fourth-order valence-corrected chi connectivity index (χ4v) is 1.83. The summed E-state index contributed by atoms with van der Waals surface area (Å²) in [5.41, 5.74) is 4.21. The molecule has 0 spiro atoms. The van der Waals surface area contributed by atoms with Gasteiger partial charge in [-0.15, -0.1) is 0 Å². The van der Waals surface area contributed by atoms with Crippen LogP contribution in [0.2, 0.25) is 5.02 Å².